The summed E-state index contributed by atoms with van der Waals surface area (Å²) in [6, 6.07) is 1.56. The molecule has 0 aliphatic heterocycles. The Morgan fingerprint density at radius 3 is 2.43 bits per heavy atom. The fourth-order valence-corrected chi connectivity index (χ4v) is 5.64. The van der Waals surface area contributed by atoms with Gasteiger partial charge in [-0.25, -0.2) is 9.78 Å². The van der Waals surface area contributed by atoms with Crippen LogP contribution in [0.4, 0.5) is 0 Å². The molecule has 5 heteroatoms. The number of halogens is 1. The molecule has 0 radical (unpaired) electrons. The lowest BCUT2D eigenvalue weighted by Gasteiger charge is -2.56. The van der Waals surface area contributed by atoms with Crippen molar-refractivity contribution in [2.45, 2.75) is 38.5 Å². The minimum absolute atomic E-state index is 0.281. The van der Waals surface area contributed by atoms with Crippen molar-refractivity contribution in [1.29, 1.82) is 0 Å². The van der Waals surface area contributed by atoms with E-state index < -0.39 is 5.97 Å². The molecular weight excluding hydrogens is 314 g/mol. The number of hydrogen-bond acceptors (Lipinski definition) is 4. The maximum absolute atomic E-state index is 11.9. The van der Waals surface area contributed by atoms with E-state index in [2.05, 4.69) is 4.98 Å². The largest absolute Gasteiger partial charge is 0.476 e. The van der Waals surface area contributed by atoms with Gasteiger partial charge in [0.1, 0.15) is 5.56 Å². The van der Waals surface area contributed by atoms with Crippen molar-refractivity contribution < 1.29 is 14.3 Å². The lowest BCUT2D eigenvalue weighted by atomic mass is 9.50. The number of nitrogens with zero attached hydrogens (tertiary/aromatic N) is 1. The predicted molar refractivity (Wildman–Crippen MR) is 86.7 cm³/mol. The van der Waals surface area contributed by atoms with Crippen LogP contribution in [-0.4, -0.2) is 24.7 Å². The third kappa shape index (κ3) is 2.82. The first-order valence-electron chi connectivity index (χ1n) is 8.43. The number of ether oxygens (including phenoxy) is 2. The summed E-state index contributed by atoms with van der Waals surface area (Å²) in [5.74, 6) is 2.52. The maximum Gasteiger partial charge on any atom is 0.343 e. The second-order valence-electron chi connectivity index (χ2n) is 7.70. The summed E-state index contributed by atoms with van der Waals surface area (Å²) in [6.07, 6.45) is 9.53. The lowest BCUT2D eigenvalue weighted by Crippen LogP contribution is -2.48. The first-order valence-corrected chi connectivity index (χ1v) is 8.81. The van der Waals surface area contributed by atoms with E-state index in [0.29, 0.717) is 23.1 Å². The summed E-state index contributed by atoms with van der Waals surface area (Å²) in [5, 5.41) is 0.410. The van der Waals surface area contributed by atoms with Crippen LogP contribution in [0.1, 0.15) is 48.9 Å². The molecule has 4 bridgehead atoms. The first kappa shape index (κ1) is 15.3. The number of aromatic nitrogens is 1. The Bertz CT molecular complexity index is 595. The van der Waals surface area contributed by atoms with E-state index >= 15 is 0 Å². The van der Waals surface area contributed by atoms with Crippen LogP contribution in [-0.2, 0) is 4.74 Å². The number of esters is 1. The highest BCUT2D eigenvalue weighted by molar-refractivity contribution is 6.30. The molecule has 0 amide bonds. The minimum atomic E-state index is -0.458. The molecule has 4 aliphatic carbocycles. The van der Waals surface area contributed by atoms with Crippen molar-refractivity contribution in [1.82, 2.24) is 4.98 Å². The molecule has 1 aromatic heterocycles. The quantitative estimate of drug-likeness (QED) is 0.777. The Morgan fingerprint density at radius 2 is 1.87 bits per heavy atom. The highest BCUT2D eigenvalue weighted by Gasteiger charge is 2.51. The summed E-state index contributed by atoms with van der Waals surface area (Å²) in [4.78, 5) is 16.1. The standard InChI is InChI=1S/C18H22ClNO3/c1-22-17(21)15-5-14(19)9-20-16(15)23-10-18-6-11-2-12(7-18)4-13(3-11)8-18/h5,9,11-13H,2-4,6-8,10H2,1H3. The molecule has 1 aromatic rings. The van der Waals surface area contributed by atoms with Gasteiger partial charge in [0, 0.05) is 11.6 Å². The molecule has 4 fully saturated rings. The molecule has 4 saturated carbocycles. The lowest BCUT2D eigenvalue weighted by molar-refractivity contribution is -0.0753. The molecule has 1 heterocycles. The van der Waals surface area contributed by atoms with E-state index in [0.717, 1.165) is 17.8 Å². The summed E-state index contributed by atoms with van der Waals surface area (Å²) in [6.45, 7) is 0.648. The van der Waals surface area contributed by atoms with Gasteiger partial charge in [-0.15, -0.1) is 0 Å². The van der Waals surface area contributed by atoms with Crippen molar-refractivity contribution in [3.63, 3.8) is 0 Å². The molecule has 0 N–H and O–H groups in total. The van der Waals surface area contributed by atoms with Crippen LogP contribution >= 0.6 is 11.6 Å². The Labute approximate surface area is 141 Å². The predicted octanol–water partition coefficient (Wildman–Crippen LogP) is 4.12. The Morgan fingerprint density at radius 1 is 1.26 bits per heavy atom. The molecule has 0 saturated heterocycles. The third-order valence-electron chi connectivity index (χ3n) is 5.90. The molecule has 4 aliphatic rings. The molecule has 0 spiro atoms. The number of methoxy groups -OCH3 is 1. The van der Waals surface area contributed by atoms with Gasteiger partial charge in [-0.2, -0.15) is 0 Å². The number of carbonyl (C=O) groups is 1. The van der Waals surface area contributed by atoms with Gasteiger partial charge >= 0.3 is 5.97 Å². The zero-order valence-electron chi connectivity index (χ0n) is 13.4. The number of rotatable bonds is 4. The zero-order valence-corrected chi connectivity index (χ0v) is 14.1. The van der Waals surface area contributed by atoms with Gasteiger partial charge in [-0.1, -0.05) is 11.6 Å². The second-order valence-corrected chi connectivity index (χ2v) is 8.14. The fraction of sp³-hybridized carbons (Fsp3) is 0.667. The monoisotopic (exact) mass is 335 g/mol. The van der Waals surface area contributed by atoms with Gasteiger partial charge in [0.25, 0.3) is 0 Å². The molecule has 124 valence electrons. The fourth-order valence-electron chi connectivity index (χ4n) is 5.49. The summed E-state index contributed by atoms with van der Waals surface area (Å²) in [5.41, 5.74) is 0.591. The smallest absolute Gasteiger partial charge is 0.343 e. The molecular formula is C18H22ClNO3. The third-order valence-corrected chi connectivity index (χ3v) is 6.11. The average molecular weight is 336 g/mol. The first-order chi connectivity index (χ1) is 11.1. The molecule has 4 nitrogen and oxygen atoms in total. The van der Waals surface area contributed by atoms with Gasteiger partial charge in [0.15, 0.2) is 0 Å². The number of carbonyl (C=O) groups excluding carboxylic acids is 1. The minimum Gasteiger partial charge on any atom is -0.476 e. The van der Waals surface area contributed by atoms with E-state index in [-0.39, 0.29) is 5.41 Å². The Hall–Kier alpha value is -1.29. The van der Waals surface area contributed by atoms with E-state index in [4.69, 9.17) is 21.1 Å². The molecule has 23 heavy (non-hydrogen) atoms. The van der Waals surface area contributed by atoms with Crippen LogP contribution in [0.5, 0.6) is 5.88 Å². The van der Waals surface area contributed by atoms with Crippen molar-refractivity contribution in [3.8, 4) is 5.88 Å². The van der Waals surface area contributed by atoms with Gasteiger partial charge < -0.3 is 9.47 Å². The normalized spacial score (nSPS) is 34.4. The second kappa shape index (κ2) is 5.66. The summed E-state index contributed by atoms with van der Waals surface area (Å²) in [7, 11) is 1.35. The summed E-state index contributed by atoms with van der Waals surface area (Å²) < 4.78 is 10.8. The Kier molecular flexibility index (Phi) is 3.75. The van der Waals surface area contributed by atoms with E-state index in [1.54, 1.807) is 6.07 Å². The van der Waals surface area contributed by atoms with Gasteiger partial charge in [-0.3, -0.25) is 0 Å². The van der Waals surface area contributed by atoms with Crippen molar-refractivity contribution in [3.05, 3.63) is 22.8 Å². The molecule has 5 rings (SSSR count). The molecule has 0 aromatic carbocycles. The van der Waals surface area contributed by atoms with Crippen molar-refractivity contribution in [2.24, 2.45) is 23.2 Å². The Balaban J connectivity index is 1.52. The van der Waals surface area contributed by atoms with Crippen LogP contribution in [0.3, 0.4) is 0 Å². The van der Waals surface area contributed by atoms with Gasteiger partial charge in [-0.05, 0) is 62.3 Å². The topological polar surface area (TPSA) is 48.4 Å². The van der Waals surface area contributed by atoms with Crippen molar-refractivity contribution >= 4 is 17.6 Å². The van der Waals surface area contributed by atoms with Crippen LogP contribution in [0, 0.1) is 23.2 Å². The van der Waals surface area contributed by atoms with Crippen LogP contribution < -0.4 is 4.74 Å². The highest BCUT2D eigenvalue weighted by atomic mass is 35.5. The highest BCUT2D eigenvalue weighted by Crippen LogP contribution is 2.60. The van der Waals surface area contributed by atoms with Gasteiger partial charge in [0.2, 0.25) is 5.88 Å². The molecule has 0 atom stereocenters. The van der Waals surface area contributed by atoms with Crippen LogP contribution in [0.15, 0.2) is 12.3 Å². The maximum atomic E-state index is 11.9. The van der Waals surface area contributed by atoms with Crippen LogP contribution in [0.2, 0.25) is 5.02 Å². The average Bonchev–Trinajstić information content (AvgIpc) is 2.51. The summed E-state index contributed by atoms with van der Waals surface area (Å²) >= 11 is 5.95. The van der Waals surface area contributed by atoms with E-state index in [9.17, 15) is 4.79 Å². The zero-order chi connectivity index (χ0) is 16.0. The van der Waals surface area contributed by atoms with Crippen LogP contribution in [0.25, 0.3) is 0 Å². The number of hydrogen-bond donors (Lipinski definition) is 0. The van der Waals surface area contributed by atoms with Gasteiger partial charge in [0.05, 0.1) is 18.7 Å². The van der Waals surface area contributed by atoms with E-state index in [1.807, 2.05) is 0 Å². The SMILES string of the molecule is COC(=O)c1cc(Cl)cnc1OCC12CC3CC(CC(C3)C1)C2. The van der Waals surface area contributed by atoms with E-state index in [1.165, 1.54) is 51.8 Å². The van der Waals surface area contributed by atoms with Crippen molar-refractivity contribution in [2.75, 3.05) is 13.7 Å². The molecule has 0 unspecified atom stereocenters. The number of pyridine rings is 1.